The van der Waals surface area contributed by atoms with Crippen molar-refractivity contribution in [3.05, 3.63) is 58.8 Å². The van der Waals surface area contributed by atoms with Crippen LogP contribution in [0.5, 0.6) is 0 Å². The highest BCUT2D eigenvalue weighted by molar-refractivity contribution is 9.10. The van der Waals surface area contributed by atoms with Gasteiger partial charge in [-0.1, -0.05) is 28.1 Å². The van der Waals surface area contributed by atoms with Crippen LogP contribution in [-0.2, 0) is 0 Å². The zero-order valence-corrected chi connectivity index (χ0v) is 12.0. The Labute approximate surface area is 119 Å². The average molecular weight is 314 g/mol. The zero-order valence-electron chi connectivity index (χ0n) is 10.4. The van der Waals surface area contributed by atoms with Crippen molar-refractivity contribution < 1.29 is 0 Å². The lowest BCUT2D eigenvalue weighted by atomic mass is 10.2. The quantitative estimate of drug-likeness (QED) is 0.759. The van der Waals surface area contributed by atoms with E-state index < -0.39 is 0 Å². The van der Waals surface area contributed by atoms with Gasteiger partial charge in [0.15, 0.2) is 0 Å². The lowest BCUT2D eigenvalue weighted by Crippen LogP contribution is -1.96. The van der Waals surface area contributed by atoms with E-state index in [4.69, 9.17) is 0 Å². The molecule has 2 aromatic carbocycles. The third-order valence-corrected chi connectivity index (χ3v) is 3.37. The monoisotopic (exact) mass is 313 g/mol. The van der Waals surface area contributed by atoms with E-state index in [-0.39, 0.29) is 0 Å². The molecule has 1 aromatic heterocycles. The summed E-state index contributed by atoms with van der Waals surface area (Å²) in [6, 6.07) is 14.2. The second-order valence-corrected chi connectivity index (χ2v) is 5.29. The summed E-state index contributed by atoms with van der Waals surface area (Å²) >= 11 is 3.48. The summed E-state index contributed by atoms with van der Waals surface area (Å²) in [6.45, 7) is 2.07. The van der Waals surface area contributed by atoms with E-state index in [1.165, 1.54) is 5.56 Å². The maximum atomic E-state index is 4.33. The molecule has 1 heterocycles. The summed E-state index contributed by atoms with van der Waals surface area (Å²) in [6.07, 6.45) is 1.58. The molecule has 0 aliphatic carbocycles. The second-order valence-electron chi connectivity index (χ2n) is 4.38. The molecule has 0 bridgehead atoms. The molecular formula is C15H12BrN3. The second kappa shape index (κ2) is 4.97. The van der Waals surface area contributed by atoms with Gasteiger partial charge in [-0.2, -0.15) is 0 Å². The van der Waals surface area contributed by atoms with Crippen LogP contribution < -0.4 is 5.32 Å². The summed E-state index contributed by atoms with van der Waals surface area (Å²) in [7, 11) is 0. The van der Waals surface area contributed by atoms with Gasteiger partial charge in [-0.05, 0) is 42.8 Å². The number of rotatable bonds is 2. The van der Waals surface area contributed by atoms with Crippen LogP contribution in [0.2, 0.25) is 0 Å². The number of hydrogen-bond donors (Lipinski definition) is 1. The molecule has 0 fully saturated rings. The number of hydrogen-bond acceptors (Lipinski definition) is 3. The third-order valence-electron chi connectivity index (χ3n) is 2.88. The molecule has 0 atom stereocenters. The summed E-state index contributed by atoms with van der Waals surface area (Å²) in [4.78, 5) is 8.60. The fourth-order valence-electron chi connectivity index (χ4n) is 1.99. The molecule has 0 aliphatic heterocycles. The predicted octanol–water partition coefficient (Wildman–Crippen LogP) is 4.44. The Morgan fingerprint density at radius 2 is 1.95 bits per heavy atom. The Kier molecular flexibility index (Phi) is 3.17. The van der Waals surface area contributed by atoms with E-state index in [1.54, 1.807) is 6.33 Å². The van der Waals surface area contributed by atoms with Crippen molar-refractivity contribution in [2.75, 3.05) is 5.32 Å². The molecule has 0 saturated carbocycles. The number of nitrogens with one attached hydrogen (secondary N) is 1. The van der Waals surface area contributed by atoms with Gasteiger partial charge in [-0.25, -0.2) is 9.97 Å². The first-order valence-corrected chi connectivity index (χ1v) is 6.75. The molecule has 3 nitrogen and oxygen atoms in total. The van der Waals surface area contributed by atoms with E-state index in [2.05, 4.69) is 50.3 Å². The molecule has 0 unspecified atom stereocenters. The van der Waals surface area contributed by atoms with Gasteiger partial charge in [0, 0.05) is 15.5 Å². The van der Waals surface area contributed by atoms with Gasteiger partial charge < -0.3 is 5.32 Å². The highest BCUT2D eigenvalue weighted by atomic mass is 79.9. The maximum Gasteiger partial charge on any atom is 0.141 e. The summed E-state index contributed by atoms with van der Waals surface area (Å²) < 4.78 is 1.02. The van der Waals surface area contributed by atoms with Gasteiger partial charge in [0.1, 0.15) is 12.1 Å². The molecule has 0 radical (unpaired) electrons. The first kappa shape index (κ1) is 12.1. The fourth-order valence-corrected chi connectivity index (χ4v) is 2.35. The third kappa shape index (κ3) is 2.58. The predicted molar refractivity (Wildman–Crippen MR) is 81.7 cm³/mol. The van der Waals surface area contributed by atoms with Gasteiger partial charge in [0.2, 0.25) is 0 Å². The van der Waals surface area contributed by atoms with Crippen LogP contribution in [0.1, 0.15) is 5.56 Å². The van der Waals surface area contributed by atoms with Crippen molar-refractivity contribution in [3.8, 4) is 0 Å². The highest BCUT2D eigenvalue weighted by Crippen LogP contribution is 2.25. The lowest BCUT2D eigenvalue weighted by molar-refractivity contribution is 1.22. The Morgan fingerprint density at radius 3 is 2.79 bits per heavy atom. The number of aromatic nitrogens is 2. The number of benzene rings is 2. The first-order valence-electron chi connectivity index (χ1n) is 5.96. The molecular weight excluding hydrogens is 302 g/mol. The summed E-state index contributed by atoms with van der Waals surface area (Å²) in [5.74, 6) is 0.817. The van der Waals surface area contributed by atoms with E-state index >= 15 is 0 Å². The van der Waals surface area contributed by atoms with Gasteiger partial charge >= 0.3 is 0 Å². The van der Waals surface area contributed by atoms with Crippen LogP contribution in [0.3, 0.4) is 0 Å². The SMILES string of the molecule is Cc1cccc(Nc2ncnc3ccc(Br)cc23)c1. The minimum absolute atomic E-state index is 0.817. The maximum absolute atomic E-state index is 4.33. The summed E-state index contributed by atoms with van der Waals surface area (Å²) in [5.41, 5.74) is 3.16. The van der Waals surface area contributed by atoms with Gasteiger partial charge in [-0.3, -0.25) is 0 Å². The first-order chi connectivity index (χ1) is 9.22. The van der Waals surface area contributed by atoms with Crippen LogP contribution in [0.4, 0.5) is 11.5 Å². The average Bonchev–Trinajstić information content (AvgIpc) is 2.39. The topological polar surface area (TPSA) is 37.8 Å². The van der Waals surface area contributed by atoms with Crippen LogP contribution in [0, 0.1) is 6.92 Å². The molecule has 0 amide bonds. The Balaban J connectivity index is 2.07. The lowest BCUT2D eigenvalue weighted by Gasteiger charge is -2.09. The molecule has 3 rings (SSSR count). The molecule has 0 spiro atoms. The zero-order chi connectivity index (χ0) is 13.2. The van der Waals surface area contributed by atoms with Crippen molar-refractivity contribution in [1.29, 1.82) is 0 Å². The summed E-state index contributed by atoms with van der Waals surface area (Å²) in [5, 5.41) is 4.34. The Morgan fingerprint density at radius 1 is 1.05 bits per heavy atom. The number of fused-ring (bicyclic) bond motifs is 1. The molecule has 19 heavy (non-hydrogen) atoms. The molecule has 1 N–H and O–H groups in total. The molecule has 0 saturated heterocycles. The smallest absolute Gasteiger partial charge is 0.141 e. The molecule has 4 heteroatoms. The number of aryl methyl sites for hydroxylation is 1. The van der Waals surface area contributed by atoms with E-state index in [1.807, 2.05) is 30.3 Å². The number of nitrogens with zero attached hydrogens (tertiary/aromatic N) is 2. The van der Waals surface area contributed by atoms with E-state index in [9.17, 15) is 0 Å². The van der Waals surface area contributed by atoms with Crippen molar-refractivity contribution in [2.45, 2.75) is 6.92 Å². The Hall–Kier alpha value is -1.94. The molecule has 0 aliphatic rings. The van der Waals surface area contributed by atoms with Crippen molar-refractivity contribution in [2.24, 2.45) is 0 Å². The number of anilines is 2. The molecule has 3 aromatic rings. The minimum atomic E-state index is 0.817. The number of halogens is 1. The van der Waals surface area contributed by atoms with Crippen LogP contribution in [-0.4, -0.2) is 9.97 Å². The van der Waals surface area contributed by atoms with Crippen molar-refractivity contribution in [1.82, 2.24) is 9.97 Å². The van der Waals surface area contributed by atoms with Crippen LogP contribution in [0.25, 0.3) is 10.9 Å². The Bertz CT molecular complexity index is 740. The van der Waals surface area contributed by atoms with E-state index in [0.29, 0.717) is 0 Å². The van der Waals surface area contributed by atoms with Gasteiger partial charge in [0.25, 0.3) is 0 Å². The van der Waals surface area contributed by atoms with Gasteiger partial charge in [0.05, 0.1) is 5.52 Å². The van der Waals surface area contributed by atoms with Crippen molar-refractivity contribution in [3.63, 3.8) is 0 Å². The molecule has 94 valence electrons. The fraction of sp³-hybridized carbons (Fsp3) is 0.0667. The van der Waals surface area contributed by atoms with Crippen LogP contribution >= 0.6 is 15.9 Å². The van der Waals surface area contributed by atoms with Crippen molar-refractivity contribution >= 4 is 38.3 Å². The minimum Gasteiger partial charge on any atom is -0.340 e. The largest absolute Gasteiger partial charge is 0.340 e. The standard InChI is InChI=1S/C15H12BrN3/c1-10-3-2-4-12(7-10)19-15-13-8-11(16)5-6-14(13)17-9-18-15/h2-9H,1H3,(H,17,18,19). The van der Waals surface area contributed by atoms with Gasteiger partial charge in [-0.15, -0.1) is 0 Å². The normalized spacial score (nSPS) is 10.6. The van der Waals surface area contributed by atoms with E-state index in [0.717, 1.165) is 26.9 Å². The van der Waals surface area contributed by atoms with Crippen LogP contribution in [0.15, 0.2) is 53.3 Å². The highest BCUT2D eigenvalue weighted by Gasteiger charge is 2.04.